The van der Waals surface area contributed by atoms with Gasteiger partial charge in [-0.3, -0.25) is 0 Å². The topological polar surface area (TPSA) is 43.0 Å². The molecule has 0 bridgehead atoms. The van der Waals surface area contributed by atoms with Gasteiger partial charge in [0.1, 0.15) is 11.5 Å². The minimum absolute atomic E-state index is 0.497. The van der Waals surface area contributed by atoms with Crippen LogP contribution in [0.25, 0.3) is 17.1 Å². The van der Waals surface area contributed by atoms with Gasteiger partial charge >= 0.3 is 0 Å². The van der Waals surface area contributed by atoms with Gasteiger partial charge in [-0.2, -0.15) is 5.10 Å². The van der Waals surface area contributed by atoms with Crippen molar-refractivity contribution in [3.8, 4) is 17.1 Å². The van der Waals surface area contributed by atoms with Crippen molar-refractivity contribution in [1.82, 2.24) is 9.78 Å². The molecule has 0 amide bonds. The minimum Gasteiger partial charge on any atom is -0.463 e. The van der Waals surface area contributed by atoms with E-state index >= 15 is 0 Å². The fraction of sp³-hybridized carbons (Fsp3) is 0.235. The first-order valence-corrected chi connectivity index (χ1v) is 8.35. The molecule has 1 aliphatic heterocycles. The van der Waals surface area contributed by atoms with E-state index in [1.807, 2.05) is 28.9 Å². The molecule has 0 saturated carbocycles. The first-order chi connectivity index (χ1) is 11.3. The van der Waals surface area contributed by atoms with E-state index in [9.17, 15) is 0 Å². The number of hydrogen-bond acceptors (Lipinski definition) is 3. The van der Waals surface area contributed by atoms with Crippen molar-refractivity contribution in [2.45, 2.75) is 19.3 Å². The molecule has 118 valence electrons. The number of rotatable bonds is 2. The van der Waals surface area contributed by atoms with Crippen LogP contribution in [0.5, 0.6) is 0 Å². The van der Waals surface area contributed by atoms with Crippen molar-refractivity contribution in [3.63, 3.8) is 0 Å². The Morgan fingerprint density at radius 1 is 1.13 bits per heavy atom. The maximum atomic E-state index is 6.40. The van der Waals surface area contributed by atoms with E-state index in [1.165, 1.54) is 0 Å². The van der Waals surface area contributed by atoms with Crippen molar-refractivity contribution in [2.75, 3.05) is 11.9 Å². The second kappa shape index (κ2) is 5.95. The summed E-state index contributed by atoms with van der Waals surface area (Å²) in [5.74, 6) is 1.74. The van der Waals surface area contributed by atoms with E-state index in [0.29, 0.717) is 10.0 Å². The zero-order valence-electron chi connectivity index (χ0n) is 12.4. The lowest BCUT2D eigenvalue weighted by Gasteiger charge is -2.11. The Hall–Kier alpha value is -1.91. The SMILES string of the molecule is Clc1cccc(-n2nc(-c3ccco3)c3c2NCCCC3)c1Cl. The lowest BCUT2D eigenvalue weighted by Crippen LogP contribution is -2.07. The maximum absolute atomic E-state index is 6.40. The largest absolute Gasteiger partial charge is 0.463 e. The third-order valence-electron chi connectivity index (χ3n) is 4.04. The molecule has 1 aromatic carbocycles. The van der Waals surface area contributed by atoms with E-state index in [-0.39, 0.29) is 0 Å². The van der Waals surface area contributed by atoms with Crippen LogP contribution in [-0.2, 0) is 6.42 Å². The van der Waals surface area contributed by atoms with Gasteiger partial charge in [-0.25, -0.2) is 4.68 Å². The number of nitrogens with zero attached hydrogens (tertiary/aromatic N) is 2. The van der Waals surface area contributed by atoms with E-state index in [1.54, 1.807) is 12.3 Å². The van der Waals surface area contributed by atoms with Crippen molar-refractivity contribution in [2.24, 2.45) is 0 Å². The Balaban J connectivity index is 1.95. The van der Waals surface area contributed by atoms with Crippen LogP contribution in [0.2, 0.25) is 10.0 Å². The van der Waals surface area contributed by atoms with Crippen LogP contribution >= 0.6 is 23.2 Å². The lowest BCUT2D eigenvalue weighted by atomic mass is 10.1. The molecule has 0 atom stereocenters. The number of nitrogens with one attached hydrogen (secondary N) is 1. The molecule has 3 heterocycles. The van der Waals surface area contributed by atoms with Crippen LogP contribution in [-0.4, -0.2) is 16.3 Å². The first kappa shape index (κ1) is 14.7. The number of furan rings is 1. The molecule has 0 fully saturated rings. The number of hydrogen-bond donors (Lipinski definition) is 1. The first-order valence-electron chi connectivity index (χ1n) is 7.60. The third kappa shape index (κ3) is 2.52. The average Bonchev–Trinajstić information content (AvgIpc) is 3.12. The van der Waals surface area contributed by atoms with E-state index in [2.05, 4.69) is 5.32 Å². The summed E-state index contributed by atoms with van der Waals surface area (Å²) in [5.41, 5.74) is 2.78. The van der Waals surface area contributed by atoms with Gasteiger partial charge in [0.2, 0.25) is 0 Å². The Labute approximate surface area is 144 Å². The lowest BCUT2D eigenvalue weighted by molar-refractivity contribution is 0.578. The predicted octanol–water partition coefficient (Wildman–Crippen LogP) is 5.19. The zero-order valence-corrected chi connectivity index (χ0v) is 13.9. The molecule has 0 radical (unpaired) electrons. The highest BCUT2D eigenvalue weighted by molar-refractivity contribution is 6.43. The molecular weight excluding hydrogens is 333 g/mol. The molecular formula is C17H15Cl2N3O. The molecule has 0 saturated heterocycles. The van der Waals surface area contributed by atoms with Crippen LogP contribution in [0.15, 0.2) is 41.0 Å². The summed E-state index contributed by atoms with van der Waals surface area (Å²) in [7, 11) is 0. The van der Waals surface area contributed by atoms with Gasteiger partial charge in [-0.05, 0) is 43.5 Å². The summed E-state index contributed by atoms with van der Waals surface area (Å²) in [6.07, 6.45) is 4.85. The molecule has 1 N–H and O–H groups in total. The van der Waals surface area contributed by atoms with Gasteiger partial charge in [0, 0.05) is 12.1 Å². The van der Waals surface area contributed by atoms with Gasteiger partial charge in [-0.15, -0.1) is 0 Å². The molecule has 6 heteroatoms. The quantitative estimate of drug-likeness (QED) is 0.693. The third-order valence-corrected chi connectivity index (χ3v) is 4.85. The Bertz CT molecular complexity index is 840. The highest BCUT2D eigenvalue weighted by Gasteiger charge is 2.24. The highest BCUT2D eigenvalue weighted by Crippen LogP contribution is 2.37. The second-order valence-electron chi connectivity index (χ2n) is 5.52. The van der Waals surface area contributed by atoms with Crippen LogP contribution < -0.4 is 5.32 Å². The molecule has 0 unspecified atom stereocenters. The number of fused-ring (bicyclic) bond motifs is 1. The summed E-state index contributed by atoms with van der Waals surface area (Å²) in [4.78, 5) is 0. The fourth-order valence-corrected chi connectivity index (χ4v) is 3.32. The average molecular weight is 348 g/mol. The monoisotopic (exact) mass is 347 g/mol. The van der Waals surface area contributed by atoms with Gasteiger partial charge in [0.05, 0.1) is 22.0 Å². The standard InChI is InChI=1S/C17H15Cl2N3O/c18-12-6-3-7-13(15(12)19)22-17-11(5-1-2-9-20-17)16(21-22)14-8-4-10-23-14/h3-4,6-8,10,20H,1-2,5,9H2. The molecule has 1 aliphatic rings. The molecule has 0 aliphatic carbocycles. The number of aromatic nitrogens is 2. The van der Waals surface area contributed by atoms with E-state index in [0.717, 1.165) is 54.3 Å². The molecule has 3 aromatic rings. The van der Waals surface area contributed by atoms with Gasteiger partial charge in [-0.1, -0.05) is 29.3 Å². The summed E-state index contributed by atoms with van der Waals surface area (Å²) in [5, 5.41) is 9.26. The smallest absolute Gasteiger partial charge is 0.154 e. The van der Waals surface area contributed by atoms with Gasteiger partial charge < -0.3 is 9.73 Å². The molecule has 23 heavy (non-hydrogen) atoms. The highest BCUT2D eigenvalue weighted by atomic mass is 35.5. The number of anilines is 1. The molecule has 4 rings (SSSR count). The summed E-state index contributed by atoms with van der Waals surface area (Å²) in [6.45, 7) is 0.911. The van der Waals surface area contributed by atoms with Crippen molar-refractivity contribution in [3.05, 3.63) is 52.2 Å². The van der Waals surface area contributed by atoms with Crippen LogP contribution in [0.1, 0.15) is 18.4 Å². The van der Waals surface area contributed by atoms with Crippen molar-refractivity contribution < 1.29 is 4.42 Å². The second-order valence-corrected chi connectivity index (χ2v) is 6.31. The molecule has 4 nitrogen and oxygen atoms in total. The Morgan fingerprint density at radius 3 is 2.87 bits per heavy atom. The van der Waals surface area contributed by atoms with E-state index in [4.69, 9.17) is 32.7 Å². The predicted molar refractivity (Wildman–Crippen MR) is 92.7 cm³/mol. The molecule has 2 aromatic heterocycles. The summed E-state index contributed by atoms with van der Waals surface area (Å²) >= 11 is 12.6. The summed E-state index contributed by atoms with van der Waals surface area (Å²) in [6, 6.07) is 9.37. The van der Waals surface area contributed by atoms with Gasteiger partial charge in [0.15, 0.2) is 5.76 Å². The number of benzene rings is 1. The van der Waals surface area contributed by atoms with Crippen molar-refractivity contribution in [1.29, 1.82) is 0 Å². The van der Waals surface area contributed by atoms with Crippen LogP contribution in [0.4, 0.5) is 5.82 Å². The molecule has 0 spiro atoms. The summed E-state index contributed by atoms with van der Waals surface area (Å²) < 4.78 is 7.41. The van der Waals surface area contributed by atoms with Gasteiger partial charge in [0.25, 0.3) is 0 Å². The fourth-order valence-electron chi connectivity index (χ4n) is 2.94. The maximum Gasteiger partial charge on any atom is 0.154 e. The van der Waals surface area contributed by atoms with Crippen LogP contribution in [0, 0.1) is 0 Å². The Kier molecular flexibility index (Phi) is 3.79. The zero-order chi connectivity index (χ0) is 15.8. The van der Waals surface area contributed by atoms with Crippen LogP contribution in [0.3, 0.4) is 0 Å². The normalized spacial score (nSPS) is 14.2. The van der Waals surface area contributed by atoms with E-state index < -0.39 is 0 Å². The van der Waals surface area contributed by atoms with Crippen molar-refractivity contribution >= 4 is 29.0 Å². The number of halogens is 2. The minimum atomic E-state index is 0.497. The Morgan fingerprint density at radius 2 is 2.04 bits per heavy atom.